The van der Waals surface area contributed by atoms with Gasteiger partial charge >= 0.3 is 0 Å². The highest BCUT2D eigenvalue weighted by molar-refractivity contribution is 5.84. The van der Waals surface area contributed by atoms with E-state index in [1.807, 2.05) is 6.20 Å². The molecule has 0 aromatic carbocycles. The number of nitrogens with zero attached hydrogens (tertiary/aromatic N) is 1. The quantitative estimate of drug-likeness (QED) is 0.469. The molecule has 0 radical (unpaired) electrons. The van der Waals surface area contributed by atoms with Gasteiger partial charge in [0, 0.05) is 11.9 Å². The first-order valence-corrected chi connectivity index (χ1v) is 3.50. The first-order chi connectivity index (χ1) is 4.30. The Morgan fingerprint density at radius 3 is 3.22 bits per heavy atom. The van der Waals surface area contributed by atoms with Crippen LogP contribution in [0.3, 0.4) is 0 Å². The molecule has 50 valence electrons. The van der Waals surface area contributed by atoms with Gasteiger partial charge in [0.15, 0.2) is 0 Å². The third-order valence-corrected chi connectivity index (χ3v) is 1.86. The molecule has 0 amide bonds. The lowest BCUT2D eigenvalue weighted by molar-refractivity contribution is 0.697. The summed E-state index contributed by atoms with van der Waals surface area (Å²) >= 11 is 0. The van der Waals surface area contributed by atoms with Crippen molar-refractivity contribution >= 4 is 5.71 Å². The minimum Gasteiger partial charge on any atom is -0.266 e. The van der Waals surface area contributed by atoms with Crippen LogP contribution in [0.25, 0.3) is 0 Å². The van der Waals surface area contributed by atoms with Gasteiger partial charge in [0.05, 0.1) is 0 Å². The maximum atomic E-state index is 4.24. The lowest BCUT2D eigenvalue weighted by atomic mass is 10.0. The second kappa shape index (κ2) is 2.81. The van der Waals surface area contributed by atoms with Crippen molar-refractivity contribution in [1.29, 1.82) is 0 Å². The predicted octanol–water partition coefficient (Wildman–Crippen LogP) is 2.39. The van der Waals surface area contributed by atoms with Crippen LogP contribution < -0.4 is 0 Å². The van der Waals surface area contributed by atoms with Gasteiger partial charge in [-0.1, -0.05) is 13.0 Å². The molecule has 0 bridgehead atoms. The van der Waals surface area contributed by atoms with Crippen LogP contribution in [0.5, 0.6) is 0 Å². The van der Waals surface area contributed by atoms with Gasteiger partial charge in [-0.2, -0.15) is 0 Å². The van der Waals surface area contributed by atoms with Gasteiger partial charge in [-0.25, -0.2) is 0 Å². The zero-order valence-corrected chi connectivity index (χ0v) is 6.09. The van der Waals surface area contributed by atoms with Crippen LogP contribution in [0.15, 0.2) is 17.3 Å². The Hall–Kier alpha value is -0.590. The lowest BCUT2D eigenvalue weighted by Gasteiger charge is -2.05. The Morgan fingerprint density at radius 2 is 2.44 bits per heavy atom. The van der Waals surface area contributed by atoms with Crippen molar-refractivity contribution in [1.82, 2.24) is 0 Å². The van der Waals surface area contributed by atoms with E-state index in [-0.39, 0.29) is 0 Å². The third kappa shape index (κ3) is 1.67. The van der Waals surface area contributed by atoms with Crippen LogP contribution in [-0.4, -0.2) is 5.71 Å². The molecule has 0 aromatic heterocycles. The topological polar surface area (TPSA) is 12.4 Å². The van der Waals surface area contributed by atoms with E-state index in [2.05, 4.69) is 24.9 Å². The highest BCUT2D eigenvalue weighted by Crippen LogP contribution is 2.11. The summed E-state index contributed by atoms with van der Waals surface area (Å²) in [6.45, 7) is 4.33. The van der Waals surface area contributed by atoms with Crippen LogP contribution in [0, 0.1) is 5.92 Å². The first kappa shape index (κ1) is 6.53. The smallest absolute Gasteiger partial charge is 0.0227 e. The molecule has 0 saturated heterocycles. The molecule has 1 rings (SSSR count). The van der Waals surface area contributed by atoms with E-state index < -0.39 is 0 Å². The standard InChI is InChI=1S/C8H13N/c1-7-5-3-4-6-9-8(7)2/h4,6-7H,3,5H2,1-2H3. The fourth-order valence-corrected chi connectivity index (χ4v) is 0.927. The Kier molecular flexibility index (Phi) is 2.04. The summed E-state index contributed by atoms with van der Waals surface area (Å²) in [6, 6.07) is 0. The molecular weight excluding hydrogens is 110 g/mol. The Morgan fingerprint density at radius 1 is 1.67 bits per heavy atom. The fourth-order valence-electron chi connectivity index (χ4n) is 0.927. The van der Waals surface area contributed by atoms with E-state index in [0.29, 0.717) is 5.92 Å². The van der Waals surface area contributed by atoms with Crippen LogP contribution in [-0.2, 0) is 0 Å². The lowest BCUT2D eigenvalue weighted by Crippen LogP contribution is -2.04. The van der Waals surface area contributed by atoms with Gasteiger partial charge < -0.3 is 0 Å². The van der Waals surface area contributed by atoms with Gasteiger partial charge in [0.1, 0.15) is 0 Å². The van der Waals surface area contributed by atoms with Gasteiger partial charge in [0.25, 0.3) is 0 Å². The van der Waals surface area contributed by atoms with Crippen molar-refractivity contribution in [3.05, 3.63) is 12.3 Å². The molecule has 1 unspecified atom stereocenters. The molecule has 1 heterocycles. The van der Waals surface area contributed by atoms with E-state index in [9.17, 15) is 0 Å². The van der Waals surface area contributed by atoms with E-state index in [1.54, 1.807) is 0 Å². The molecular formula is C8H13N. The molecule has 0 N–H and O–H groups in total. The molecule has 9 heavy (non-hydrogen) atoms. The normalized spacial score (nSPS) is 27.3. The van der Waals surface area contributed by atoms with Gasteiger partial charge in [-0.15, -0.1) is 0 Å². The molecule has 1 aliphatic rings. The summed E-state index contributed by atoms with van der Waals surface area (Å²) in [5.41, 5.74) is 1.27. The van der Waals surface area contributed by atoms with Crippen LogP contribution in [0.4, 0.5) is 0 Å². The maximum Gasteiger partial charge on any atom is 0.0227 e. The molecule has 0 fully saturated rings. The summed E-state index contributed by atoms with van der Waals surface area (Å²) in [5, 5.41) is 0. The van der Waals surface area contributed by atoms with Crippen molar-refractivity contribution in [2.24, 2.45) is 10.9 Å². The number of allylic oxidation sites excluding steroid dienone is 1. The first-order valence-electron chi connectivity index (χ1n) is 3.50. The molecule has 0 aliphatic carbocycles. The maximum absolute atomic E-state index is 4.24. The molecule has 1 heteroatoms. The number of aliphatic imine (C=N–C) groups is 1. The summed E-state index contributed by atoms with van der Waals surface area (Å²) in [4.78, 5) is 4.24. The zero-order valence-electron chi connectivity index (χ0n) is 6.09. The van der Waals surface area contributed by atoms with Crippen molar-refractivity contribution in [3.63, 3.8) is 0 Å². The SMILES string of the molecule is CC1=NC=CCCC1C. The van der Waals surface area contributed by atoms with Gasteiger partial charge in [-0.05, 0) is 25.7 Å². The van der Waals surface area contributed by atoms with E-state index in [4.69, 9.17) is 0 Å². The third-order valence-electron chi connectivity index (χ3n) is 1.86. The number of hydrogen-bond acceptors (Lipinski definition) is 1. The highest BCUT2D eigenvalue weighted by Gasteiger charge is 2.04. The summed E-state index contributed by atoms with van der Waals surface area (Å²) in [7, 11) is 0. The zero-order chi connectivity index (χ0) is 6.69. The molecule has 0 saturated carbocycles. The van der Waals surface area contributed by atoms with Gasteiger partial charge in [0.2, 0.25) is 0 Å². The molecule has 1 aliphatic heterocycles. The Labute approximate surface area is 56.5 Å². The van der Waals surface area contributed by atoms with Crippen molar-refractivity contribution in [3.8, 4) is 0 Å². The van der Waals surface area contributed by atoms with Crippen molar-refractivity contribution in [2.45, 2.75) is 26.7 Å². The largest absolute Gasteiger partial charge is 0.266 e. The highest BCUT2D eigenvalue weighted by atomic mass is 14.7. The summed E-state index contributed by atoms with van der Waals surface area (Å²) < 4.78 is 0. The second-order valence-corrected chi connectivity index (χ2v) is 2.63. The van der Waals surface area contributed by atoms with E-state index in [1.165, 1.54) is 18.6 Å². The Bertz CT molecular complexity index is 145. The monoisotopic (exact) mass is 123 g/mol. The summed E-state index contributed by atoms with van der Waals surface area (Å²) in [5.74, 6) is 0.681. The van der Waals surface area contributed by atoms with Crippen molar-refractivity contribution < 1.29 is 0 Å². The average molecular weight is 123 g/mol. The van der Waals surface area contributed by atoms with E-state index in [0.717, 1.165) is 0 Å². The van der Waals surface area contributed by atoms with Crippen LogP contribution in [0.1, 0.15) is 26.7 Å². The summed E-state index contributed by atoms with van der Waals surface area (Å²) in [6.07, 6.45) is 6.49. The van der Waals surface area contributed by atoms with Crippen LogP contribution >= 0.6 is 0 Å². The number of rotatable bonds is 0. The molecule has 0 aromatic rings. The second-order valence-electron chi connectivity index (χ2n) is 2.63. The fraction of sp³-hybridized carbons (Fsp3) is 0.625. The molecule has 0 spiro atoms. The molecule has 1 atom stereocenters. The molecule has 1 nitrogen and oxygen atoms in total. The van der Waals surface area contributed by atoms with Gasteiger partial charge in [-0.3, -0.25) is 4.99 Å². The average Bonchev–Trinajstić information content (AvgIpc) is 1.99. The minimum atomic E-state index is 0.681. The Balaban J connectivity index is 2.63. The van der Waals surface area contributed by atoms with Crippen LogP contribution in [0.2, 0.25) is 0 Å². The van der Waals surface area contributed by atoms with Crippen molar-refractivity contribution in [2.75, 3.05) is 0 Å². The number of hydrogen-bond donors (Lipinski definition) is 0. The van der Waals surface area contributed by atoms with E-state index >= 15 is 0 Å². The minimum absolute atomic E-state index is 0.681. The predicted molar refractivity (Wildman–Crippen MR) is 40.6 cm³/mol.